The van der Waals surface area contributed by atoms with E-state index < -0.39 is 5.95 Å². The number of aromatic nitrogens is 1. The van der Waals surface area contributed by atoms with E-state index in [1.807, 2.05) is 0 Å². The van der Waals surface area contributed by atoms with Gasteiger partial charge in [-0.15, -0.1) is 11.6 Å². The topological polar surface area (TPSA) is 12.9 Å². The first-order chi connectivity index (χ1) is 4.74. The molecule has 1 nitrogen and oxygen atoms in total. The van der Waals surface area contributed by atoms with Crippen LogP contribution in [0.25, 0.3) is 0 Å². The van der Waals surface area contributed by atoms with Crippen molar-refractivity contribution in [3.05, 3.63) is 28.8 Å². The molecule has 0 amide bonds. The van der Waals surface area contributed by atoms with Gasteiger partial charge < -0.3 is 0 Å². The van der Waals surface area contributed by atoms with Crippen LogP contribution >= 0.6 is 23.2 Å². The molecule has 4 heteroatoms. The molecule has 0 fully saturated rings. The van der Waals surface area contributed by atoms with Crippen molar-refractivity contribution in [2.45, 2.75) is 5.88 Å². The summed E-state index contributed by atoms with van der Waals surface area (Å²) in [6.45, 7) is 0. The van der Waals surface area contributed by atoms with E-state index in [0.717, 1.165) is 0 Å². The summed E-state index contributed by atoms with van der Waals surface area (Å²) >= 11 is 11.0. The fourth-order valence-corrected chi connectivity index (χ4v) is 0.996. The molecule has 1 rings (SSSR count). The number of rotatable bonds is 1. The molecule has 0 aliphatic heterocycles. The summed E-state index contributed by atoms with van der Waals surface area (Å²) in [5, 5.41) is 0.399. The molecule has 10 heavy (non-hydrogen) atoms. The Morgan fingerprint density at radius 2 is 2.20 bits per heavy atom. The normalized spacial score (nSPS) is 9.90. The van der Waals surface area contributed by atoms with Crippen LogP contribution in [0.1, 0.15) is 5.69 Å². The van der Waals surface area contributed by atoms with Crippen molar-refractivity contribution in [1.29, 1.82) is 0 Å². The Morgan fingerprint density at radius 3 is 2.70 bits per heavy atom. The van der Waals surface area contributed by atoms with Gasteiger partial charge in [-0.3, -0.25) is 0 Å². The third kappa shape index (κ3) is 1.58. The molecule has 0 aromatic carbocycles. The molecule has 0 aliphatic rings. The van der Waals surface area contributed by atoms with Gasteiger partial charge in [-0.25, -0.2) is 4.98 Å². The molecule has 1 aromatic heterocycles. The average Bonchev–Trinajstić information content (AvgIpc) is 1.94. The largest absolute Gasteiger partial charge is 0.222 e. The zero-order chi connectivity index (χ0) is 7.56. The summed E-state index contributed by atoms with van der Waals surface area (Å²) in [6, 6.07) is 2.62. The maximum atomic E-state index is 12.3. The predicted molar refractivity (Wildman–Crippen MR) is 38.8 cm³/mol. The molecule has 0 saturated carbocycles. The highest BCUT2D eigenvalue weighted by molar-refractivity contribution is 6.32. The predicted octanol–water partition coefficient (Wildman–Crippen LogP) is 2.61. The van der Waals surface area contributed by atoms with Gasteiger partial charge in [0.1, 0.15) is 0 Å². The van der Waals surface area contributed by atoms with E-state index in [0.29, 0.717) is 10.7 Å². The fourth-order valence-electron chi connectivity index (χ4n) is 0.551. The van der Waals surface area contributed by atoms with Crippen LogP contribution in [0.2, 0.25) is 5.02 Å². The first-order valence-corrected chi connectivity index (χ1v) is 3.52. The van der Waals surface area contributed by atoms with Gasteiger partial charge >= 0.3 is 0 Å². The Labute approximate surface area is 67.8 Å². The molecule has 0 N–H and O–H groups in total. The standard InChI is InChI=1S/C6H4Cl2FN/c7-3-5-4(8)1-2-6(9)10-5/h1-2H,3H2. The Bertz CT molecular complexity index is 239. The molecule has 0 radical (unpaired) electrons. The molecule has 0 saturated heterocycles. The average molecular weight is 180 g/mol. The highest BCUT2D eigenvalue weighted by Gasteiger charge is 2.00. The second-order valence-electron chi connectivity index (χ2n) is 1.70. The maximum Gasteiger partial charge on any atom is 0.213 e. The van der Waals surface area contributed by atoms with Gasteiger partial charge in [-0.2, -0.15) is 4.39 Å². The second-order valence-corrected chi connectivity index (χ2v) is 2.37. The van der Waals surface area contributed by atoms with E-state index in [9.17, 15) is 4.39 Å². The lowest BCUT2D eigenvalue weighted by Gasteiger charge is -1.96. The molecular weight excluding hydrogens is 176 g/mol. The number of hydrogen-bond acceptors (Lipinski definition) is 1. The third-order valence-electron chi connectivity index (χ3n) is 1.01. The number of hydrogen-bond donors (Lipinski definition) is 0. The lowest BCUT2D eigenvalue weighted by molar-refractivity contribution is 0.579. The first-order valence-electron chi connectivity index (χ1n) is 2.61. The summed E-state index contributed by atoms with van der Waals surface area (Å²) in [6.07, 6.45) is 0. The van der Waals surface area contributed by atoms with Crippen LogP contribution in [0.3, 0.4) is 0 Å². The lowest BCUT2D eigenvalue weighted by Crippen LogP contribution is -1.89. The second kappa shape index (κ2) is 3.17. The van der Waals surface area contributed by atoms with Crippen molar-refractivity contribution in [3.8, 4) is 0 Å². The smallest absolute Gasteiger partial charge is 0.213 e. The zero-order valence-electron chi connectivity index (χ0n) is 4.94. The van der Waals surface area contributed by atoms with Crippen LogP contribution in [0, 0.1) is 5.95 Å². The van der Waals surface area contributed by atoms with Crippen molar-refractivity contribution in [2.75, 3.05) is 0 Å². The van der Waals surface area contributed by atoms with E-state index in [2.05, 4.69) is 4.98 Å². The van der Waals surface area contributed by atoms with E-state index in [1.165, 1.54) is 12.1 Å². The highest BCUT2D eigenvalue weighted by Crippen LogP contribution is 2.14. The SMILES string of the molecule is Fc1ccc(Cl)c(CCl)n1. The molecule has 0 bridgehead atoms. The zero-order valence-corrected chi connectivity index (χ0v) is 6.45. The van der Waals surface area contributed by atoms with Crippen LogP contribution < -0.4 is 0 Å². The van der Waals surface area contributed by atoms with Crippen LogP contribution in [0.4, 0.5) is 4.39 Å². The van der Waals surface area contributed by atoms with Gasteiger partial charge in [0.2, 0.25) is 5.95 Å². The van der Waals surface area contributed by atoms with E-state index in [4.69, 9.17) is 23.2 Å². The van der Waals surface area contributed by atoms with Crippen molar-refractivity contribution >= 4 is 23.2 Å². The molecular formula is C6H4Cl2FN. The summed E-state index contributed by atoms with van der Waals surface area (Å²) in [4.78, 5) is 3.46. The number of pyridine rings is 1. The van der Waals surface area contributed by atoms with Crippen LogP contribution in [-0.2, 0) is 5.88 Å². The molecule has 0 unspecified atom stereocenters. The van der Waals surface area contributed by atoms with E-state index in [1.54, 1.807) is 0 Å². The minimum Gasteiger partial charge on any atom is -0.222 e. The number of halogens is 3. The number of alkyl halides is 1. The monoisotopic (exact) mass is 179 g/mol. The Morgan fingerprint density at radius 1 is 1.50 bits per heavy atom. The van der Waals surface area contributed by atoms with Crippen LogP contribution in [0.15, 0.2) is 12.1 Å². The molecule has 1 heterocycles. The van der Waals surface area contributed by atoms with Gasteiger partial charge in [-0.05, 0) is 12.1 Å². The fraction of sp³-hybridized carbons (Fsp3) is 0.167. The van der Waals surface area contributed by atoms with Crippen molar-refractivity contribution < 1.29 is 4.39 Å². The summed E-state index contributed by atoms with van der Waals surface area (Å²) in [7, 11) is 0. The molecule has 0 spiro atoms. The number of nitrogens with zero attached hydrogens (tertiary/aromatic N) is 1. The Kier molecular flexibility index (Phi) is 2.46. The summed E-state index contributed by atoms with van der Waals surface area (Å²) < 4.78 is 12.3. The highest BCUT2D eigenvalue weighted by atomic mass is 35.5. The van der Waals surface area contributed by atoms with Crippen molar-refractivity contribution in [2.24, 2.45) is 0 Å². The lowest BCUT2D eigenvalue weighted by atomic mass is 10.4. The molecule has 0 atom stereocenters. The first kappa shape index (κ1) is 7.76. The van der Waals surface area contributed by atoms with Gasteiger partial charge in [0.15, 0.2) is 0 Å². The van der Waals surface area contributed by atoms with Gasteiger partial charge in [-0.1, -0.05) is 11.6 Å². The van der Waals surface area contributed by atoms with E-state index >= 15 is 0 Å². The van der Waals surface area contributed by atoms with Crippen molar-refractivity contribution in [1.82, 2.24) is 4.98 Å². The van der Waals surface area contributed by atoms with Gasteiger partial charge in [0.05, 0.1) is 16.6 Å². The quantitative estimate of drug-likeness (QED) is 0.478. The van der Waals surface area contributed by atoms with Crippen LogP contribution in [-0.4, -0.2) is 4.98 Å². The molecule has 54 valence electrons. The Balaban J connectivity index is 3.09. The van der Waals surface area contributed by atoms with Crippen LogP contribution in [0.5, 0.6) is 0 Å². The van der Waals surface area contributed by atoms with Gasteiger partial charge in [0, 0.05) is 0 Å². The molecule has 0 aliphatic carbocycles. The van der Waals surface area contributed by atoms with Crippen molar-refractivity contribution in [3.63, 3.8) is 0 Å². The minimum absolute atomic E-state index is 0.136. The maximum absolute atomic E-state index is 12.3. The van der Waals surface area contributed by atoms with Gasteiger partial charge in [0.25, 0.3) is 0 Å². The van der Waals surface area contributed by atoms with E-state index in [-0.39, 0.29) is 5.88 Å². The minimum atomic E-state index is -0.556. The summed E-state index contributed by atoms with van der Waals surface area (Å²) in [5.41, 5.74) is 0.378. The summed E-state index contributed by atoms with van der Waals surface area (Å²) in [5.74, 6) is -0.420. The third-order valence-corrected chi connectivity index (χ3v) is 1.61. The Hall–Kier alpha value is -0.340. The molecule has 1 aromatic rings.